The first-order valence-corrected chi connectivity index (χ1v) is 6.54. The number of H-pyrrole nitrogens is 1. The van der Waals surface area contributed by atoms with Crippen LogP contribution in [0, 0.1) is 4.77 Å². The van der Waals surface area contributed by atoms with E-state index in [4.69, 9.17) is 28.2 Å². The van der Waals surface area contributed by atoms with E-state index in [1.807, 2.05) is 12.1 Å². The summed E-state index contributed by atoms with van der Waals surface area (Å²) < 4.78 is 7.19. The molecule has 0 aliphatic heterocycles. The van der Waals surface area contributed by atoms with E-state index < -0.39 is 0 Å². The van der Waals surface area contributed by atoms with Gasteiger partial charge in [0.1, 0.15) is 0 Å². The Balaban J connectivity index is 1.97. The monoisotopic (exact) mass is 304 g/mol. The van der Waals surface area contributed by atoms with Crippen LogP contribution in [0.3, 0.4) is 0 Å². The molecule has 0 radical (unpaired) electrons. The smallest absolute Gasteiger partial charge is 0.219 e. The quantitative estimate of drug-likeness (QED) is 0.592. The van der Waals surface area contributed by atoms with Crippen molar-refractivity contribution in [2.24, 2.45) is 5.10 Å². The van der Waals surface area contributed by atoms with Crippen molar-refractivity contribution in [1.82, 2.24) is 14.9 Å². The Labute approximate surface area is 124 Å². The Bertz CT molecular complexity index is 787. The normalized spacial score (nSPS) is 11.2. The largest absolute Gasteiger partial charge is 0.461 e. The average Bonchev–Trinajstić information content (AvgIpc) is 3.08. The van der Waals surface area contributed by atoms with Crippen LogP contribution in [0.25, 0.3) is 11.6 Å². The highest BCUT2D eigenvalue weighted by Gasteiger charge is 2.10. The Morgan fingerprint density at radius 2 is 2.10 bits per heavy atom. The van der Waals surface area contributed by atoms with Crippen molar-refractivity contribution in [2.75, 3.05) is 0 Å². The Kier molecular flexibility index (Phi) is 3.49. The van der Waals surface area contributed by atoms with Gasteiger partial charge in [-0.15, -0.1) is 5.10 Å². The Hall–Kier alpha value is -2.18. The second kappa shape index (κ2) is 5.44. The van der Waals surface area contributed by atoms with Crippen molar-refractivity contribution in [1.29, 1.82) is 0 Å². The number of furan rings is 1. The van der Waals surface area contributed by atoms with Crippen LogP contribution in [0.1, 0.15) is 5.56 Å². The van der Waals surface area contributed by atoms with Crippen molar-refractivity contribution in [2.45, 2.75) is 0 Å². The van der Waals surface area contributed by atoms with Gasteiger partial charge in [0.2, 0.25) is 10.6 Å². The fourth-order valence-corrected chi connectivity index (χ4v) is 1.94. The third-order valence-electron chi connectivity index (χ3n) is 2.58. The molecule has 20 heavy (non-hydrogen) atoms. The molecule has 100 valence electrons. The summed E-state index contributed by atoms with van der Waals surface area (Å²) in [6, 6.07) is 10.9. The Morgan fingerprint density at radius 3 is 2.80 bits per heavy atom. The zero-order valence-electron chi connectivity index (χ0n) is 10.2. The van der Waals surface area contributed by atoms with Crippen molar-refractivity contribution in [3.05, 3.63) is 58.0 Å². The van der Waals surface area contributed by atoms with Crippen LogP contribution >= 0.6 is 23.8 Å². The molecule has 0 saturated heterocycles. The molecule has 0 atom stereocenters. The molecule has 3 rings (SSSR count). The van der Waals surface area contributed by atoms with E-state index in [1.54, 1.807) is 36.7 Å². The van der Waals surface area contributed by atoms with Gasteiger partial charge < -0.3 is 4.42 Å². The van der Waals surface area contributed by atoms with Gasteiger partial charge in [-0.1, -0.05) is 23.7 Å². The van der Waals surface area contributed by atoms with Crippen LogP contribution in [0.5, 0.6) is 0 Å². The number of hydrogen-bond donors (Lipinski definition) is 1. The fraction of sp³-hybridized carbons (Fsp3) is 0. The molecule has 1 N–H and O–H groups in total. The molecular formula is C13H9ClN4OS. The minimum atomic E-state index is 0.390. The number of benzene rings is 1. The zero-order valence-corrected chi connectivity index (χ0v) is 11.7. The third kappa shape index (κ3) is 2.56. The van der Waals surface area contributed by atoms with E-state index in [0.717, 1.165) is 5.56 Å². The van der Waals surface area contributed by atoms with Gasteiger partial charge in [0.25, 0.3) is 0 Å². The summed E-state index contributed by atoms with van der Waals surface area (Å²) in [5.74, 6) is 1.11. The van der Waals surface area contributed by atoms with E-state index in [9.17, 15) is 0 Å². The molecule has 0 unspecified atom stereocenters. The standard InChI is InChI=1S/C13H9ClN4OS/c14-10-5-3-9(4-6-10)8-15-18-12(16-17-13(18)20)11-2-1-7-19-11/h1-8H,(H,17,20). The first kappa shape index (κ1) is 12.8. The SMILES string of the molecule is S=c1[nH]nc(-c2ccco2)n1N=Cc1ccc(Cl)cc1. The molecule has 1 aromatic carbocycles. The highest BCUT2D eigenvalue weighted by atomic mass is 35.5. The summed E-state index contributed by atoms with van der Waals surface area (Å²) in [5, 5.41) is 11.8. The van der Waals surface area contributed by atoms with Gasteiger partial charge in [0.05, 0.1) is 12.5 Å². The van der Waals surface area contributed by atoms with Crippen molar-refractivity contribution >= 4 is 30.0 Å². The van der Waals surface area contributed by atoms with Gasteiger partial charge in [-0.3, -0.25) is 0 Å². The lowest BCUT2D eigenvalue weighted by atomic mass is 10.2. The maximum Gasteiger partial charge on any atom is 0.219 e. The van der Waals surface area contributed by atoms with Crippen LogP contribution in [0.15, 0.2) is 52.2 Å². The summed E-state index contributed by atoms with van der Waals surface area (Å²) in [6.45, 7) is 0. The fourth-order valence-electron chi connectivity index (χ4n) is 1.64. The van der Waals surface area contributed by atoms with E-state index in [1.165, 1.54) is 4.68 Å². The van der Waals surface area contributed by atoms with Crippen LogP contribution in [-0.4, -0.2) is 21.1 Å². The topological polar surface area (TPSA) is 59.1 Å². The maximum atomic E-state index is 5.84. The first-order valence-electron chi connectivity index (χ1n) is 5.75. The summed E-state index contributed by atoms with van der Waals surface area (Å²) in [5.41, 5.74) is 0.905. The van der Waals surface area contributed by atoms with Gasteiger partial charge in [-0.25, -0.2) is 5.10 Å². The third-order valence-corrected chi connectivity index (χ3v) is 3.10. The predicted octanol–water partition coefficient (Wildman–Crippen LogP) is 3.74. The van der Waals surface area contributed by atoms with Crippen LogP contribution in [0.4, 0.5) is 0 Å². The second-order valence-corrected chi connectivity index (χ2v) is 4.76. The lowest BCUT2D eigenvalue weighted by Gasteiger charge is -1.97. The van der Waals surface area contributed by atoms with Gasteiger partial charge in [0, 0.05) is 5.02 Å². The van der Waals surface area contributed by atoms with E-state index in [0.29, 0.717) is 21.4 Å². The molecule has 3 aromatic rings. The minimum Gasteiger partial charge on any atom is -0.461 e. The number of rotatable bonds is 3. The molecule has 0 saturated carbocycles. The van der Waals surface area contributed by atoms with Crippen molar-refractivity contribution in [3.63, 3.8) is 0 Å². The molecule has 7 heteroatoms. The van der Waals surface area contributed by atoms with E-state index in [-0.39, 0.29) is 0 Å². The number of aromatic nitrogens is 3. The molecule has 0 bridgehead atoms. The second-order valence-electron chi connectivity index (χ2n) is 3.94. The average molecular weight is 305 g/mol. The van der Waals surface area contributed by atoms with Crippen molar-refractivity contribution < 1.29 is 4.42 Å². The number of hydrogen-bond acceptors (Lipinski definition) is 4. The molecule has 0 amide bonds. The van der Waals surface area contributed by atoms with Crippen LogP contribution < -0.4 is 0 Å². The molecule has 0 spiro atoms. The van der Waals surface area contributed by atoms with E-state index in [2.05, 4.69) is 15.3 Å². The number of halogens is 1. The number of nitrogens with one attached hydrogen (secondary N) is 1. The summed E-state index contributed by atoms with van der Waals surface area (Å²) in [7, 11) is 0. The molecule has 0 aliphatic carbocycles. The van der Waals surface area contributed by atoms with Gasteiger partial charge in [-0.05, 0) is 42.0 Å². The lowest BCUT2D eigenvalue weighted by molar-refractivity contribution is 0.573. The lowest BCUT2D eigenvalue weighted by Crippen LogP contribution is -1.94. The number of aromatic amines is 1. The first-order chi connectivity index (χ1) is 9.74. The number of nitrogens with zero attached hydrogens (tertiary/aromatic N) is 3. The molecule has 2 aromatic heterocycles. The molecular weight excluding hydrogens is 296 g/mol. The van der Waals surface area contributed by atoms with E-state index >= 15 is 0 Å². The summed E-state index contributed by atoms with van der Waals surface area (Å²) in [6.07, 6.45) is 3.24. The zero-order chi connectivity index (χ0) is 13.9. The summed E-state index contributed by atoms with van der Waals surface area (Å²) >= 11 is 11.0. The highest BCUT2D eigenvalue weighted by Crippen LogP contribution is 2.17. The van der Waals surface area contributed by atoms with Crippen LogP contribution in [-0.2, 0) is 0 Å². The van der Waals surface area contributed by atoms with Gasteiger partial charge >= 0.3 is 0 Å². The van der Waals surface area contributed by atoms with Gasteiger partial charge in [-0.2, -0.15) is 9.78 Å². The minimum absolute atomic E-state index is 0.390. The molecule has 5 nitrogen and oxygen atoms in total. The molecule has 0 aliphatic rings. The Morgan fingerprint density at radius 1 is 1.30 bits per heavy atom. The van der Waals surface area contributed by atoms with Crippen molar-refractivity contribution in [3.8, 4) is 11.6 Å². The summed E-state index contributed by atoms with van der Waals surface area (Å²) in [4.78, 5) is 0. The maximum absolute atomic E-state index is 5.84. The highest BCUT2D eigenvalue weighted by molar-refractivity contribution is 7.71. The van der Waals surface area contributed by atoms with Gasteiger partial charge in [0.15, 0.2) is 5.76 Å². The molecule has 0 fully saturated rings. The molecule has 2 heterocycles. The van der Waals surface area contributed by atoms with Crippen LogP contribution in [0.2, 0.25) is 5.02 Å². The predicted molar refractivity (Wildman–Crippen MR) is 79.6 cm³/mol.